The Kier molecular flexibility index (Phi) is 12.2. The van der Waals surface area contributed by atoms with E-state index < -0.39 is 59.1 Å². The average Bonchev–Trinajstić information content (AvgIpc) is 3.00. The molecule has 0 bridgehead atoms. The number of nitrogens with one attached hydrogen (secondary N) is 2. The zero-order valence-electron chi connectivity index (χ0n) is 31.6. The van der Waals surface area contributed by atoms with Gasteiger partial charge in [0.15, 0.2) is 0 Å². The molecule has 0 radical (unpaired) electrons. The molecular weight excluding hydrogens is 691 g/mol. The van der Waals surface area contributed by atoms with Gasteiger partial charge in [-0.1, -0.05) is 36.4 Å². The Bertz CT molecular complexity index is 1820. The molecular formula is C40H48F3N3O7. The minimum atomic E-state index is -4.80. The summed E-state index contributed by atoms with van der Waals surface area (Å²) in [6.07, 6.45) is -6.27. The van der Waals surface area contributed by atoms with Gasteiger partial charge >= 0.3 is 18.4 Å². The third kappa shape index (κ3) is 11.2. The van der Waals surface area contributed by atoms with E-state index in [1.807, 2.05) is 6.07 Å². The van der Waals surface area contributed by atoms with E-state index in [2.05, 4.69) is 10.6 Å². The van der Waals surface area contributed by atoms with Crippen molar-refractivity contribution in [2.45, 2.75) is 111 Å². The maximum atomic E-state index is 14.7. The molecule has 0 saturated carbocycles. The molecule has 0 aliphatic carbocycles. The van der Waals surface area contributed by atoms with Gasteiger partial charge in [-0.15, -0.1) is 0 Å². The van der Waals surface area contributed by atoms with Crippen molar-refractivity contribution in [1.29, 1.82) is 0 Å². The summed E-state index contributed by atoms with van der Waals surface area (Å²) in [5.74, 6) is -1.01. The van der Waals surface area contributed by atoms with E-state index in [0.29, 0.717) is 22.3 Å². The molecule has 1 heterocycles. The van der Waals surface area contributed by atoms with Gasteiger partial charge in [0.1, 0.15) is 23.0 Å². The predicted octanol–water partition coefficient (Wildman–Crippen LogP) is 8.28. The first-order valence-corrected chi connectivity index (χ1v) is 17.4. The first kappa shape index (κ1) is 40.7. The lowest BCUT2D eigenvalue weighted by atomic mass is 9.88. The molecule has 13 heteroatoms. The molecule has 0 spiro atoms. The van der Waals surface area contributed by atoms with Crippen molar-refractivity contribution in [2.24, 2.45) is 0 Å². The third-order valence-electron chi connectivity index (χ3n) is 8.41. The fourth-order valence-electron chi connectivity index (χ4n) is 6.26. The van der Waals surface area contributed by atoms with Crippen LogP contribution in [0.25, 0.3) is 0 Å². The Hall–Kier alpha value is -5.07. The highest BCUT2D eigenvalue weighted by atomic mass is 19.4. The predicted molar refractivity (Wildman–Crippen MR) is 194 cm³/mol. The van der Waals surface area contributed by atoms with Crippen LogP contribution < -0.4 is 20.3 Å². The van der Waals surface area contributed by atoms with Crippen molar-refractivity contribution in [1.82, 2.24) is 10.6 Å². The maximum absolute atomic E-state index is 14.7. The first-order valence-electron chi connectivity index (χ1n) is 17.4. The molecule has 53 heavy (non-hydrogen) atoms. The standard InChI is InChI=1S/C40H48F3N3O7/c1-23-17-28(51-37(50)53-39(7,8)9)18-24(2)29(23)22-33(45-36(49)52-38(4,5)6)35(48)44-32-15-16-46(25(3)47)34-30(32)20-27(21-31(34)40(41,42)43)19-26-13-11-10-12-14-26/h10-14,17-18,20-21,32-33H,15-16,19,22H2,1-9H3,(H,44,48)(H,45,49)/t32-,33+/m1/s1. The monoisotopic (exact) mass is 739 g/mol. The summed E-state index contributed by atoms with van der Waals surface area (Å²) in [5, 5.41) is 5.54. The van der Waals surface area contributed by atoms with Crippen LogP contribution >= 0.6 is 0 Å². The Labute approximate surface area is 308 Å². The van der Waals surface area contributed by atoms with Gasteiger partial charge in [-0.25, -0.2) is 9.59 Å². The number of carbonyl (C=O) groups excluding carboxylic acids is 4. The number of aryl methyl sites for hydroxylation is 2. The van der Waals surface area contributed by atoms with Gasteiger partial charge in [0.2, 0.25) is 11.8 Å². The summed E-state index contributed by atoms with van der Waals surface area (Å²) < 4.78 is 60.2. The molecule has 3 aromatic carbocycles. The smallest absolute Gasteiger partial charge is 0.444 e. The minimum Gasteiger partial charge on any atom is -0.444 e. The molecule has 0 fully saturated rings. The van der Waals surface area contributed by atoms with Crippen molar-refractivity contribution in [3.8, 4) is 5.75 Å². The van der Waals surface area contributed by atoms with Crippen LogP contribution in [0, 0.1) is 13.8 Å². The number of amides is 3. The van der Waals surface area contributed by atoms with E-state index in [1.54, 1.807) is 97.9 Å². The quantitative estimate of drug-likeness (QED) is 0.176. The molecule has 1 aliphatic rings. The molecule has 286 valence electrons. The fourth-order valence-corrected chi connectivity index (χ4v) is 6.26. The number of alkyl halides is 3. The highest BCUT2D eigenvalue weighted by molar-refractivity contribution is 5.95. The SMILES string of the molecule is CC(=O)N1CC[C@@H](NC(=O)[C@H](Cc2c(C)cc(OC(=O)OC(C)(C)C)cc2C)NC(=O)OC(C)(C)C)c2cc(Cc3ccccc3)cc(C(F)(F)F)c21. The van der Waals surface area contributed by atoms with Gasteiger partial charge in [-0.3, -0.25) is 9.59 Å². The third-order valence-corrected chi connectivity index (χ3v) is 8.41. The molecule has 2 N–H and O–H groups in total. The second-order valence-electron chi connectivity index (χ2n) is 15.3. The summed E-state index contributed by atoms with van der Waals surface area (Å²) >= 11 is 0. The van der Waals surface area contributed by atoms with Crippen LogP contribution in [0.1, 0.15) is 99.9 Å². The number of halogens is 3. The van der Waals surface area contributed by atoms with E-state index in [0.717, 1.165) is 16.5 Å². The molecule has 2 atom stereocenters. The van der Waals surface area contributed by atoms with Crippen LogP contribution in [-0.4, -0.2) is 47.9 Å². The van der Waals surface area contributed by atoms with Crippen molar-refractivity contribution >= 4 is 29.8 Å². The summed E-state index contributed by atoms with van der Waals surface area (Å²) in [4.78, 5) is 53.3. The number of anilines is 1. The highest BCUT2D eigenvalue weighted by Gasteiger charge is 2.41. The van der Waals surface area contributed by atoms with Crippen LogP contribution in [0.4, 0.5) is 28.4 Å². The normalized spacial score (nSPS) is 15.2. The van der Waals surface area contributed by atoms with E-state index in [1.165, 1.54) is 6.92 Å². The first-order chi connectivity index (χ1) is 24.5. The molecule has 10 nitrogen and oxygen atoms in total. The van der Waals surface area contributed by atoms with Gasteiger partial charge < -0.3 is 29.7 Å². The Balaban J connectivity index is 1.72. The average molecular weight is 740 g/mol. The van der Waals surface area contributed by atoms with E-state index >= 15 is 0 Å². The molecule has 3 amide bonds. The van der Waals surface area contributed by atoms with Gasteiger partial charge in [0, 0.05) is 19.9 Å². The molecule has 3 aromatic rings. The highest BCUT2D eigenvalue weighted by Crippen LogP contribution is 2.45. The zero-order valence-corrected chi connectivity index (χ0v) is 31.6. The van der Waals surface area contributed by atoms with Crippen LogP contribution in [0.15, 0.2) is 54.6 Å². The topological polar surface area (TPSA) is 123 Å². The van der Waals surface area contributed by atoms with E-state index in [9.17, 15) is 32.3 Å². The molecule has 4 rings (SSSR count). The minimum absolute atomic E-state index is 0.0313. The van der Waals surface area contributed by atoms with Gasteiger partial charge in [0.25, 0.3) is 0 Å². The maximum Gasteiger partial charge on any atom is 0.514 e. The number of nitrogens with zero attached hydrogens (tertiary/aromatic N) is 1. The van der Waals surface area contributed by atoms with Crippen LogP contribution in [0.2, 0.25) is 0 Å². The number of fused-ring (bicyclic) bond motifs is 1. The molecule has 0 saturated heterocycles. The summed E-state index contributed by atoms with van der Waals surface area (Å²) in [5.41, 5.74) is 0.309. The summed E-state index contributed by atoms with van der Waals surface area (Å²) in [6.45, 7) is 14.8. The number of benzene rings is 3. The second-order valence-corrected chi connectivity index (χ2v) is 15.3. The van der Waals surface area contributed by atoms with Gasteiger partial charge in [0.05, 0.1) is 17.3 Å². The fraction of sp³-hybridized carbons (Fsp3) is 0.450. The molecule has 0 unspecified atom stereocenters. The number of alkyl carbamates (subject to hydrolysis) is 1. The van der Waals surface area contributed by atoms with Crippen LogP contribution in [0.3, 0.4) is 0 Å². The van der Waals surface area contributed by atoms with Crippen molar-refractivity contribution in [3.63, 3.8) is 0 Å². The van der Waals surface area contributed by atoms with E-state index in [4.69, 9.17) is 14.2 Å². The lowest BCUT2D eigenvalue weighted by molar-refractivity contribution is -0.137. The largest absolute Gasteiger partial charge is 0.514 e. The Morgan fingerprint density at radius 2 is 1.47 bits per heavy atom. The molecule has 1 aliphatic heterocycles. The number of hydrogen-bond donors (Lipinski definition) is 2. The lowest BCUT2D eigenvalue weighted by Crippen LogP contribution is -2.51. The second kappa shape index (κ2) is 15.9. The lowest BCUT2D eigenvalue weighted by Gasteiger charge is -2.37. The Morgan fingerprint density at radius 3 is 2.02 bits per heavy atom. The Morgan fingerprint density at radius 1 is 0.868 bits per heavy atom. The number of rotatable bonds is 8. The van der Waals surface area contributed by atoms with Gasteiger partial charge in [-0.2, -0.15) is 13.2 Å². The van der Waals surface area contributed by atoms with Crippen molar-refractivity contribution < 1.29 is 46.6 Å². The van der Waals surface area contributed by atoms with Crippen LogP contribution in [0.5, 0.6) is 5.75 Å². The summed E-state index contributed by atoms with van der Waals surface area (Å²) in [6, 6.07) is 12.7. The number of carbonyl (C=O) groups is 4. The van der Waals surface area contributed by atoms with Crippen LogP contribution in [-0.2, 0) is 38.1 Å². The van der Waals surface area contributed by atoms with Gasteiger partial charge in [-0.05, 0) is 120 Å². The summed E-state index contributed by atoms with van der Waals surface area (Å²) in [7, 11) is 0. The molecule has 0 aromatic heterocycles. The van der Waals surface area contributed by atoms with E-state index in [-0.39, 0.29) is 42.8 Å². The zero-order chi connectivity index (χ0) is 39.5. The van der Waals surface area contributed by atoms with Crippen molar-refractivity contribution in [2.75, 3.05) is 11.4 Å². The van der Waals surface area contributed by atoms with Crippen molar-refractivity contribution in [3.05, 3.63) is 93.5 Å². The number of hydrogen-bond acceptors (Lipinski definition) is 7. The number of ether oxygens (including phenoxy) is 3.